The Morgan fingerprint density at radius 1 is 1.04 bits per heavy atom. The van der Waals surface area contributed by atoms with Gasteiger partial charge < -0.3 is 21.7 Å². The lowest BCUT2D eigenvalue weighted by atomic mass is 10.1. The minimum Gasteiger partial charge on any atom is -1.00 e. The lowest BCUT2D eigenvalue weighted by Crippen LogP contribution is -3.00. The number of ether oxygens (including phenoxy) is 1. The molecule has 0 saturated carbocycles. The summed E-state index contributed by atoms with van der Waals surface area (Å²) in [6.45, 7) is 0.267. The first-order valence-corrected chi connectivity index (χ1v) is 7.34. The van der Waals surface area contributed by atoms with Gasteiger partial charge in [0.15, 0.2) is 12.2 Å². The van der Waals surface area contributed by atoms with Crippen LogP contribution in [0.5, 0.6) is 5.75 Å². The number of ketones is 1. The minimum absolute atomic E-state index is 0. The molecule has 4 nitrogen and oxygen atoms in total. The molecule has 2 aromatic carbocycles. The van der Waals surface area contributed by atoms with Crippen LogP contribution < -0.4 is 26.3 Å². The van der Waals surface area contributed by atoms with Crippen molar-refractivity contribution >= 4 is 5.78 Å². The number of aromatic nitrogens is 2. The van der Waals surface area contributed by atoms with Crippen molar-refractivity contribution in [3.63, 3.8) is 0 Å². The highest BCUT2D eigenvalue weighted by Gasteiger charge is 2.13. The molecule has 5 heteroatoms. The van der Waals surface area contributed by atoms with Gasteiger partial charge in [-0.15, -0.1) is 0 Å². The van der Waals surface area contributed by atoms with Crippen LogP contribution in [-0.4, -0.2) is 17.9 Å². The number of para-hydroxylation sites is 1. The summed E-state index contributed by atoms with van der Waals surface area (Å²) >= 11 is 0. The molecule has 0 N–H and O–H groups in total. The Bertz CT molecular complexity index is 805. The van der Waals surface area contributed by atoms with Crippen molar-refractivity contribution in [2.75, 3.05) is 7.11 Å². The van der Waals surface area contributed by atoms with Gasteiger partial charge in [0.1, 0.15) is 5.75 Å². The van der Waals surface area contributed by atoms with Gasteiger partial charge in [-0.05, 0) is 17.1 Å². The van der Waals surface area contributed by atoms with Crippen LogP contribution in [0.15, 0.2) is 73.2 Å². The van der Waals surface area contributed by atoms with E-state index in [4.69, 9.17) is 4.74 Å². The number of carbonyl (C=O) groups is 1. The lowest BCUT2D eigenvalue weighted by molar-refractivity contribution is -0.686. The van der Waals surface area contributed by atoms with Crippen molar-refractivity contribution in [1.82, 2.24) is 4.98 Å². The Labute approximate surface area is 151 Å². The van der Waals surface area contributed by atoms with Crippen LogP contribution >= 0.6 is 0 Å². The molecule has 1 heterocycles. The fourth-order valence-electron chi connectivity index (χ4n) is 2.37. The predicted octanol–water partition coefficient (Wildman–Crippen LogP) is -0.0684. The maximum atomic E-state index is 12.2. The van der Waals surface area contributed by atoms with Crippen molar-refractivity contribution in [2.24, 2.45) is 0 Å². The molecule has 3 rings (SSSR count). The van der Waals surface area contributed by atoms with E-state index >= 15 is 0 Å². The molecule has 0 spiro atoms. The SMILES string of the molecule is COc1ccccc1-c1cc[n+](CC(=O)c2ccccc2)cn1.[Br-]. The van der Waals surface area contributed by atoms with E-state index in [2.05, 4.69) is 4.98 Å². The third-order valence-corrected chi connectivity index (χ3v) is 3.57. The molecule has 0 aliphatic heterocycles. The largest absolute Gasteiger partial charge is 1.00 e. The molecule has 0 unspecified atom stereocenters. The van der Waals surface area contributed by atoms with Crippen molar-refractivity contribution in [3.8, 4) is 17.0 Å². The Kier molecular flexibility index (Phi) is 6.21. The summed E-state index contributed by atoms with van der Waals surface area (Å²) in [5.41, 5.74) is 2.44. The molecule has 0 radical (unpaired) electrons. The van der Waals surface area contributed by atoms with Gasteiger partial charge >= 0.3 is 0 Å². The van der Waals surface area contributed by atoms with Gasteiger partial charge in [0.25, 0.3) is 6.33 Å². The first-order valence-electron chi connectivity index (χ1n) is 7.34. The van der Waals surface area contributed by atoms with Gasteiger partial charge in [0.05, 0.1) is 18.9 Å². The number of nitrogens with zero attached hydrogens (tertiary/aromatic N) is 2. The molecule has 0 bridgehead atoms. The maximum Gasteiger partial charge on any atom is 0.287 e. The fourth-order valence-corrected chi connectivity index (χ4v) is 2.37. The van der Waals surface area contributed by atoms with Gasteiger partial charge in [-0.1, -0.05) is 42.5 Å². The van der Waals surface area contributed by atoms with Crippen LogP contribution in [0, 0.1) is 0 Å². The summed E-state index contributed by atoms with van der Waals surface area (Å²) in [5.74, 6) is 0.834. The smallest absolute Gasteiger partial charge is 0.287 e. The first kappa shape index (κ1) is 17.8. The number of carbonyl (C=O) groups excluding carboxylic acids is 1. The van der Waals surface area contributed by atoms with Crippen LogP contribution in [0.2, 0.25) is 0 Å². The summed E-state index contributed by atoms with van der Waals surface area (Å²) in [6.07, 6.45) is 3.53. The number of rotatable bonds is 5. The van der Waals surface area contributed by atoms with Gasteiger partial charge in [0.2, 0.25) is 5.78 Å². The van der Waals surface area contributed by atoms with Gasteiger partial charge in [0, 0.05) is 11.6 Å². The molecule has 122 valence electrons. The third kappa shape index (κ3) is 4.06. The van der Waals surface area contributed by atoms with Crippen LogP contribution in [0.1, 0.15) is 10.4 Å². The van der Waals surface area contributed by atoms with Crippen molar-refractivity contribution < 1.29 is 31.1 Å². The number of hydrogen-bond acceptors (Lipinski definition) is 3. The minimum atomic E-state index is 0. The zero-order valence-electron chi connectivity index (χ0n) is 13.2. The molecular formula is C19H17BrN2O2. The Hall–Kier alpha value is -2.53. The molecule has 0 fully saturated rings. The average molecular weight is 385 g/mol. The van der Waals surface area contributed by atoms with Gasteiger partial charge in [-0.3, -0.25) is 4.79 Å². The zero-order chi connectivity index (χ0) is 16.1. The highest BCUT2D eigenvalue weighted by atomic mass is 79.9. The second kappa shape index (κ2) is 8.36. The molecule has 3 aromatic rings. The van der Waals surface area contributed by atoms with E-state index in [1.807, 2.05) is 66.9 Å². The van der Waals surface area contributed by atoms with E-state index in [9.17, 15) is 4.79 Å². The molecule has 24 heavy (non-hydrogen) atoms. The van der Waals surface area contributed by atoms with Crippen molar-refractivity contribution in [3.05, 3.63) is 78.8 Å². The highest BCUT2D eigenvalue weighted by molar-refractivity contribution is 5.94. The monoisotopic (exact) mass is 384 g/mol. The van der Waals surface area contributed by atoms with Crippen LogP contribution in [0.3, 0.4) is 0 Å². The van der Waals surface area contributed by atoms with E-state index in [1.165, 1.54) is 0 Å². The fraction of sp³-hybridized carbons (Fsp3) is 0.105. The predicted molar refractivity (Wildman–Crippen MR) is 87.2 cm³/mol. The Balaban J connectivity index is 0.00000208. The van der Waals surface area contributed by atoms with E-state index in [-0.39, 0.29) is 29.3 Å². The number of benzene rings is 2. The zero-order valence-corrected chi connectivity index (χ0v) is 14.8. The molecule has 0 aliphatic carbocycles. The van der Waals surface area contributed by atoms with Crippen molar-refractivity contribution in [2.45, 2.75) is 6.54 Å². The number of hydrogen-bond donors (Lipinski definition) is 0. The second-order valence-electron chi connectivity index (χ2n) is 5.11. The number of Topliss-reactive ketones (excluding diaryl/α,β-unsaturated/α-hetero) is 1. The lowest BCUT2D eigenvalue weighted by Gasteiger charge is -2.04. The summed E-state index contributed by atoms with van der Waals surface area (Å²) < 4.78 is 7.12. The summed E-state index contributed by atoms with van der Waals surface area (Å²) in [6, 6.07) is 18.9. The molecule has 1 aromatic heterocycles. The van der Waals surface area contributed by atoms with E-state index in [0.717, 1.165) is 17.0 Å². The average Bonchev–Trinajstić information content (AvgIpc) is 2.63. The summed E-state index contributed by atoms with van der Waals surface area (Å²) in [4.78, 5) is 16.6. The summed E-state index contributed by atoms with van der Waals surface area (Å²) in [5, 5.41) is 0. The third-order valence-electron chi connectivity index (χ3n) is 3.57. The number of methoxy groups -OCH3 is 1. The standard InChI is InChI=1S/C19H17N2O2.BrH/c1-23-19-10-6-5-9-16(19)17-11-12-21(14-20-17)13-18(22)15-7-3-2-4-8-15;/h2-12,14H,13H2,1H3;1H/q+1;/p-1. The highest BCUT2D eigenvalue weighted by Crippen LogP contribution is 2.26. The molecule has 0 aliphatic rings. The van der Waals surface area contributed by atoms with E-state index in [1.54, 1.807) is 18.0 Å². The normalized spacial score (nSPS) is 9.88. The van der Waals surface area contributed by atoms with Gasteiger partial charge in [-0.2, -0.15) is 0 Å². The van der Waals surface area contributed by atoms with Crippen LogP contribution in [0.4, 0.5) is 0 Å². The Morgan fingerprint density at radius 3 is 2.42 bits per heavy atom. The topological polar surface area (TPSA) is 43.1 Å². The van der Waals surface area contributed by atoms with Gasteiger partial charge in [-0.25, -0.2) is 4.57 Å². The van der Waals surface area contributed by atoms with Crippen LogP contribution in [0.25, 0.3) is 11.3 Å². The Morgan fingerprint density at radius 2 is 1.75 bits per heavy atom. The molecule has 0 amide bonds. The number of halogens is 1. The molecule has 0 atom stereocenters. The molecular weight excluding hydrogens is 368 g/mol. The van der Waals surface area contributed by atoms with Crippen molar-refractivity contribution in [1.29, 1.82) is 0 Å². The van der Waals surface area contributed by atoms with E-state index in [0.29, 0.717) is 5.56 Å². The second-order valence-corrected chi connectivity index (χ2v) is 5.11. The summed E-state index contributed by atoms with van der Waals surface area (Å²) in [7, 11) is 1.64. The quantitative estimate of drug-likeness (QED) is 0.456. The molecule has 0 saturated heterocycles. The first-order chi connectivity index (χ1) is 11.3. The van der Waals surface area contributed by atoms with Crippen LogP contribution in [-0.2, 0) is 6.54 Å². The maximum absolute atomic E-state index is 12.2. The van der Waals surface area contributed by atoms with E-state index < -0.39 is 0 Å².